The van der Waals surface area contributed by atoms with E-state index < -0.39 is 0 Å². The predicted octanol–water partition coefficient (Wildman–Crippen LogP) is 18.3. The summed E-state index contributed by atoms with van der Waals surface area (Å²) in [5.41, 5.74) is 8.66. The minimum absolute atomic E-state index is 0.875. The zero-order valence-corrected chi connectivity index (χ0v) is 35.7. The fourth-order valence-corrected chi connectivity index (χ4v) is 11.9. The van der Waals surface area contributed by atoms with E-state index in [4.69, 9.17) is 4.42 Å². The van der Waals surface area contributed by atoms with Crippen LogP contribution >= 0.6 is 11.3 Å². The fraction of sp³-hybridized carbons (Fsp3) is 0.0164. The summed E-state index contributed by atoms with van der Waals surface area (Å²) < 4.78 is 9.39. The third-order valence-corrected chi connectivity index (χ3v) is 14.8. The molecule has 0 aliphatic carbocycles. The standard InChI is InChI=1S/C61H37NOS/c1-36-15-2-12-26-54(36)62(55-27-14-25-47-42-20-11-13-28-56(42)63-61(47)55)60-45-23-9-7-21-43(45)59(44-22-8-10-24-46(44)60)39-29-30-57-52(33-39)53-34-50-49-32-38-17-4-3-16-37(38)31-48(49)40-18-5-6-19-41(40)51(50)35-58(53)64-57/h2-35H,1H3. The number of rotatable bonds is 4. The van der Waals surface area contributed by atoms with Crippen LogP contribution in [0.2, 0.25) is 0 Å². The van der Waals surface area contributed by atoms with E-state index in [1.165, 1.54) is 101 Å². The van der Waals surface area contributed by atoms with Crippen LogP contribution in [0.1, 0.15) is 5.56 Å². The molecular weight excluding hydrogens is 795 g/mol. The van der Waals surface area contributed by atoms with Gasteiger partial charge in [-0.25, -0.2) is 0 Å². The topological polar surface area (TPSA) is 16.4 Å². The van der Waals surface area contributed by atoms with Gasteiger partial charge in [-0.1, -0.05) is 152 Å². The van der Waals surface area contributed by atoms with Gasteiger partial charge in [-0.3, -0.25) is 0 Å². The molecule has 12 aromatic carbocycles. The predicted molar refractivity (Wildman–Crippen MR) is 277 cm³/mol. The van der Waals surface area contributed by atoms with E-state index in [9.17, 15) is 0 Å². The van der Waals surface area contributed by atoms with E-state index in [0.717, 1.165) is 39.0 Å². The van der Waals surface area contributed by atoms with Crippen molar-refractivity contribution in [1.82, 2.24) is 0 Å². The molecule has 0 aliphatic rings. The summed E-state index contributed by atoms with van der Waals surface area (Å²) in [6, 6.07) is 76.1. The Balaban J connectivity index is 1.05. The maximum Gasteiger partial charge on any atom is 0.159 e. The van der Waals surface area contributed by atoms with Crippen molar-refractivity contribution in [2.45, 2.75) is 6.92 Å². The highest BCUT2D eigenvalue weighted by atomic mass is 32.1. The summed E-state index contributed by atoms with van der Waals surface area (Å²) in [6.45, 7) is 2.21. The highest BCUT2D eigenvalue weighted by Crippen LogP contribution is 2.52. The number of nitrogens with zero attached hydrogens (tertiary/aromatic N) is 1. The number of thiophene rings is 1. The van der Waals surface area contributed by atoms with Crippen molar-refractivity contribution >= 4 is 135 Å². The van der Waals surface area contributed by atoms with Gasteiger partial charge in [-0.05, 0) is 132 Å². The normalized spacial score (nSPS) is 12.1. The lowest BCUT2D eigenvalue weighted by atomic mass is 9.89. The van der Waals surface area contributed by atoms with Gasteiger partial charge in [0.25, 0.3) is 0 Å². The van der Waals surface area contributed by atoms with Crippen LogP contribution in [-0.2, 0) is 0 Å². The zero-order chi connectivity index (χ0) is 42.0. The molecule has 0 saturated carbocycles. The monoisotopic (exact) mass is 831 g/mol. The molecule has 0 fully saturated rings. The zero-order valence-electron chi connectivity index (χ0n) is 34.9. The quantitative estimate of drug-likeness (QED) is 0.130. The van der Waals surface area contributed by atoms with Crippen molar-refractivity contribution in [3.8, 4) is 11.1 Å². The summed E-state index contributed by atoms with van der Waals surface area (Å²) in [7, 11) is 0. The molecule has 0 bridgehead atoms. The lowest BCUT2D eigenvalue weighted by molar-refractivity contribution is 0.669. The highest BCUT2D eigenvalue weighted by Gasteiger charge is 2.26. The number of furan rings is 1. The first-order valence-electron chi connectivity index (χ1n) is 22.0. The van der Waals surface area contributed by atoms with Crippen LogP contribution < -0.4 is 4.90 Å². The second kappa shape index (κ2) is 13.5. The Hall–Kier alpha value is -7.98. The number of anilines is 3. The molecule has 0 spiro atoms. The molecule has 64 heavy (non-hydrogen) atoms. The van der Waals surface area contributed by atoms with Crippen molar-refractivity contribution in [3.05, 3.63) is 212 Å². The maximum absolute atomic E-state index is 6.78. The molecule has 0 N–H and O–H groups in total. The lowest BCUT2D eigenvalue weighted by Gasteiger charge is -2.30. The van der Waals surface area contributed by atoms with E-state index in [1.54, 1.807) is 0 Å². The lowest BCUT2D eigenvalue weighted by Crippen LogP contribution is -2.13. The van der Waals surface area contributed by atoms with Crippen molar-refractivity contribution in [1.29, 1.82) is 0 Å². The number of para-hydroxylation sites is 3. The van der Waals surface area contributed by atoms with Gasteiger partial charge in [-0.2, -0.15) is 0 Å². The maximum atomic E-state index is 6.78. The Morgan fingerprint density at radius 2 is 0.891 bits per heavy atom. The summed E-state index contributed by atoms with van der Waals surface area (Å²) in [5.74, 6) is 0. The Labute approximate surface area is 372 Å². The molecule has 3 heteroatoms. The molecule has 14 rings (SSSR count). The molecular formula is C61H37NOS. The minimum atomic E-state index is 0.875. The van der Waals surface area contributed by atoms with Crippen molar-refractivity contribution in [3.63, 3.8) is 0 Å². The average molecular weight is 832 g/mol. The molecule has 0 saturated heterocycles. The fourth-order valence-electron chi connectivity index (χ4n) is 10.8. The van der Waals surface area contributed by atoms with Crippen LogP contribution in [0.25, 0.3) is 118 Å². The van der Waals surface area contributed by atoms with Crippen LogP contribution in [0.4, 0.5) is 17.1 Å². The van der Waals surface area contributed by atoms with Gasteiger partial charge >= 0.3 is 0 Å². The Kier molecular flexibility index (Phi) is 7.51. The van der Waals surface area contributed by atoms with Crippen LogP contribution in [0, 0.1) is 6.92 Å². The van der Waals surface area contributed by atoms with Gasteiger partial charge in [0, 0.05) is 47.4 Å². The van der Waals surface area contributed by atoms with Crippen LogP contribution in [0.5, 0.6) is 0 Å². The van der Waals surface area contributed by atoms with Crippen molar-refractivity contribution in [2.75, 3.05) is 4.90 Å². The van der Waals surface area contributed by atoms with Crippen LogP contribution in [0.3, 0.4) is 0 Å². The molecule has 0 amide bonds. The third-order valence-electron chi connectivity index (χ3n) is 13.7. The van der Waals surface area contributed by atoms with Gasteiger partial charge in [0.05, 0.1) is 11.4 Å². The number of fused-ring (bicyclic) bond motifs is 15. The SMILES string of the molecule is Cc1ccccc1N(c1c2ccccc2c(-c2ccc3sc4cc5c6ccccc6c6cc7ccccc7cc6c5cc4c3c2)c2ccccc12)c1cccc2c1oc1ccccc12. The first kappa shape index (κ1) is 35.6. The first-order valence-corrected chi connectivity index (χ1v) is 22.8. The molecule has 2 nitrogen and oxygen atoms in total. The molecule has 298 valence electrons. The number of benzene rings is 12. The number of hydrogen-bond acceptors (Lipinski definition) is 3. The molecule has 0 aliphatic heterocycles. The van der Waals surface area contributed by atoms with E-state index in [0.29, 0.717) is 0 Å². The smallest absolute Gasteiger partial charge is 0.159 e. The van der Waals surface area contributed by atoms with Gasteiger partial charge < -0.3 is 9.32 Å². The van der Waals surface area contributed by atoms with Crippen molar-refractivity contribution in [2.24, 2.45) is 0 Å². The minimum Gasteiger partial charge on any atom is -0.454 e. The molecule has 0 atom stereocenters. The molecule has 14 aromatic rings. The largest absolute Gasteiger partial charge is 0.454 e. The van der Waals surface area contributed by atoms with Crippen molar-refractivity contribution < 1.29 is 4.42 Å². The summed E-state index contributed by atoms with van der Waals surface area (Å²) in [5, 5.41) is 19.9. The first-order chi connectivity index (χ1) is 31.7. The second-order valence-electron chi connectivity index (χ2n) is 17.2. The molecule has 2 aromatic heterocycles. The third kappa shape index (κ3) is 5.07. The number of hydrogen-bond donors (Lipinski definition) is 0. The number of aryl methyl sites for hydroxylation is 1. The van der Waals surface area contributed by atoms with Crippen LogP contribution in [0.15, 0.2) is 211 Å². The summed E-state index contributed by atoms with van der Waals surface area (Å²) in [6.07, 6.45) is 0. The Bertz CT molecular complexity index is 4230. The summed E-state index contributed by atoms with van der Waals surface area (Å²) >= 11 is 1.89. The average Bonchev–Trinajstić information content (AvgIpc) is 3.91. The Morgan fingerprint density at radius 3 is 1.61 bits per heavy atom. The van der Waals surface area contributed by atoms with E-state index >= 15 is 0 Å². The molecule has 2 heterocycles. The molecule has 0 unspecified atom stereocenters. The van der Waals surface area contributed by atoms with Gasteiger partial charge in [-0.15, -0.1) is 11.3 Å². The van der Waals surface area contributed by atoms with E-state index in [2.05, 4.69) is 212 Å². The second-order valence-corrected chi connectivity index (χ2v) is 18.3. The Morgan fingerprint density at radius 1 is 0.359 bits per heavy atom. The van der Waals surface area contributed by atoms with E-state index in [-0.39, 0.29) is 0 Å². The van der Waals surface area contributed by atoms with E-state index in [1.807, 2.05) is 17.4 Å². The van der Waals surface area contributed by atoms with Crippen LogP contribution in [-0.4, -0.2) is 0 Å². The highest BCUT2D eigenvalue weighted by molar-refractivity contribution is 7.25. The summed E-state index contributed by atoms with van der Waals surface area (Å²) in [4.78, 5) is 2.45. The van der Waals surface area contributed by atoms with Gasteiger partial charge in [0.1, 0.15) is 5.58 Å². The van der Waals surface area contributed by atoms with Gasteiger partial charge in [0.2, 0.25) is 0 Å². The molecule has 0 radical (unpaired) electrons. The van der Waals surface area contributed by atoms with Gasteiger partial charge in [0.15, 0.2) is 5.58 Å².